The first kappa shape index (κ1) is 30.3. The fourth-order valence-electron chi connectivity index (χ4n) is 5.42. The first-order valence-corrected chi connectivity index (χ1v) is 13.5. The van der Waals surface area contributed by atoms with Gasteiger partial charge in [0.15, 0.2) is 0 Å². The lowest BCUT2D eigenvalue weighted by atomic mass is 9.84. The van der Waals surface area contributed by atoms with Crippen molar-refractivity contribution in [2.75, 3.05) is 40.9 Å². The first-order valence-electron chi connectivity index (χ1n) is 13.5. The standard InChI is InChI=1S/C28H50N4O4/c1-19(2)23(17-20(3)26(34)32-16-12-13-21(32)18-36-9)31(8)27(35)24(28(4,5)6)29-25(33)22-14-10-11-15-30(22)7/h17,19,21-24H,10-16,18H2,1-9H3,(H,29,33)/b20-17+/t21?,22-,23-,24?/m1/s1. The molecular weight excluding hydrogens is 456 g/mol. The molecule has 2 aliphatic rings. The molecule has 2 aliphatic heterocycles. The Hall–Kier alpha value is -1.93. The van der Waals surface area contributed by atoms with E-state index in [9.17, 15) is 14.4 Å². The van der Waals surface area contributed by atoms with Gasteiger partial charge in [0.2, 0.25) is 17.7 Å². The van der Waals surface area contributed by atoms with Gasteiger partial charge in [0, 0.05) is 26.3 Å². The molecule has 2 fully saturated rings. The summed E-state index contributed by atoms with van der Waals surface area (Å²) in [6, 6.07) is -1.05. The second kappa shape index (κ2) is 13.0. The highest BCUT2D eigenvalue weighted by molar-refractivity contribution is 5.94. The van der Waals surface area contributed by atoms with E-state index < -0.39 is 11.5 Å². The summed E-state index contributed by atoms with van der Waals surface area (Å²) < 4.78 is 5.31. The second-order valence-electron chi connectivity index (χ2n) is 12.1. The Morgan fingerprint density at radius 2 is 1.78 bits per heavy atom. The van der Waals surface area contributed by atoms with Crippen molar-refractivity contribution >= 4 is 17.7 Å². The van der Waals surface area contributed by atoms with Crippen LogP contribution >= 0.6 is 0 Å². The molecule has 1 N–H and O–H groups in total. The van der Waals surface area contributed by atoms with Gasteiger partial charge in [0.05, 0.1) is 24.7 Å². The van der Waals surface area contributed by atoms with Gasteiger partial charge in [-0.1, -0.05) is 47.1 Å². The average molecular weight is 507 g/mol. The Morgan fingerprint density at radius 3 is 2.33 bits per heavy atom. The zero-order chi connectivity index (χ0) is 27.2. The topological polar surface area (TPSA) is 82.2 Å². The number of likely N-dealkylation sites (tertiary alicyclic amines) is 2. The van der Waals surface area contributed by atoms with E-state index in [2.05, 4.69) is 10.2 Å². The highest BCUT2D eigenvalue weighted by Gasteiger charge is 2.39. The zero-order valence-electron chi connectivity index (χ0n) is 24.1. The highest BCUT2D eigenvalue weighted by atomic mass is 16.5. The van der Waals surface area contributed by atoms with Gasteiger partial charge in [0.25, 0.3) is 0 Å². The number of amides is 3. The third kappa shape index (κ3) is 7.54. The van der Waals surface area contributed by atoms with Gasteiger partial charge in [-0.15, -0.1) is 0 Å². The number of likely N-dealkylation sites (N-methyl/N-ethyl adjacent to an activating group) is 2. The Kier molecular flexibility index (Phi) is 11.0. The van der Waals surface area contributed by atoms with Crippen molar-refractivity contribution in [2.24, 2.45) is 11.3 Å². The third-order valence-electron chi connectivity index (χ3n) is 7.71. The first-order chi connectivity index (χ1) is 16.8. The number of methoxy groups -OCH3 is 1. The number of piperidine rings is 1. The molecule has 0 aromatic heterocycles. The van der Waals surface area contributed by atoms with Crippen molar-refractivity contribution in [1.82, 2.24) is 20.0 Å². The largest absolute Gasteiger partial charge is 0.383 e. The number of nitrogens with one attached hydrogen (secondary N) is 1. The third-order valence-corrected chi connectivity index (χ3v) is 7.71. The molecule has 0 aliphatic carbocycles. The van der Waals surface area contributed by atoms with Crippen LogP contribution in [0.5, 0.6) is 0 Å². The molecule has 8 heteroatoms. The zero-order valence-corrected chi connectivity index (χ0v) is 24.1. The van der Waals surface area contributed by atoms with Crippen LogP contribution in [0, 0.1) is 11.3 Å². The van der Waals surface area contributed by atoms with Gasteiger partial charge in [0.1, 0.15) is 6.04 Å². The van der Waals surface area contributed by atoms with Crippen molar-refractivity contribution in [3.8, 4) is 0 Å². The van der Waals surface area contributed by atoms with Gasteiger partial charge in [-0.3, -0.25) is 19.3 Å². The van der Waals surface area contributed by atoms with Crippen LogP contribution in [-0.2, 0) is 19.1 Å². The van der Waals surface area contributed by atoms with Crippen LogP contribution < -0.4 is 5.32 Å². The van der Waals surface area contributed by atoms with Crippen LogP contribution in [-0.4, -0.2) is 97.5 Å². The Morgan fingerprint density at radius 1 is 1.11 bits per heavy atom. The van der Waals surface area contributed by atoms with E-state index in [1.165, 1.54) is 0 Å². The minimum absolute atomic E-state index is 0.00191. The molecular formula is C28H50N4O4. The molecule has 0 radical (unpaired) electrons. The normalized spacial score (nSPS) is 23.5. The maximum absolute atomic E-state index is 13.8. The molecule has 2 heterocycles. The molecule has 0 aromatic rings. The summed E-state index contributed by atoms with van der Waals surface area (Å²) in [7, 11) is 5.42. The molecule has 2 rings (SSSR count). The fourth-order valence-corrected chi connectivity index (χ4v) is 5.42. The van der Waals surface area contributed by atoms with Gasteiger partial charge in [-0.25, -0.2) is 0 Å². The number of nitrogens with zero attached hydrogens (tertiary/aromatic N) is 3. The van der Waals surface area contributed by atoms with E-state index in [-0.39, 0.29) is 41.8 Å². The minimum atomic E-state index is -0.666. The maximum Gasteiger partial charge on any atom is 0.249 e. The molecule has 3 amide bonds. The summed E-state index contributed by atoms with van der Waals surface area (Å²) in [4.78, 5) is 46.0. The van der Waals surface area contributed by atoms with E-state index in [1.54, 1.807) is 19.1 Å². The van der Waals surface area contributed by atoms with Crippen molar-refractivity contribution in [1.29, 1.82) is 0 Å². The monoisotopic (exact) mass is 506 g/mol. The Labute approximate surface area is 218 Å². The summed E-state index contributed by atoms with van der Waals surface area (Å²) >= 11 is 0. The molecule has 0 spiro atoms. The van der Waals surface area contributed by atoms with E-state index in [4.69, 9.17) is 4.74 Å². The molecule has 0 saturated carbocycles. The molecule has 206 valence electrons. The van der Waals surface area contributed by atoms with Crippen molar-refractivity contribution in [3.05, 3.63) is 11.6 Å². The van der Waals surface area contributed by atoms with Crippen molar-refractivity contribution in [2.45, 2.75) is 97.8 Å². The van der Waals surface area contributed by atoms with E-state index in [1.807, 2.05) is 59.6 Å². The summed E-state index contributed by atoms with van der Waals surface area (Å²) in [6.07, 6.45) is 6.76. The number of carbonyl (C=O) groups excluding carboxylic acids is 3. The Bertz CT molecular complexity index is 804. The van der Waals surface area contributed by atoms with Gasteiger partial charge in [-0.05, 0) is 57.5 Å². The van der Waals surface area contributed by atoms with Crippen LogP contribution in [0.4, 0.5) is 0 Å². The lowest BCUT2D eigenvalue weighted by Gasteiger charge is -2.39. The molecule has 2 saturated heterocycles. The van der Waals surface area contributed by atoms with Crippen LogP contribution in [0.3, 0.4) is 0 Å². The maximum atomic E-state index is 13.8. The molecule has 0 bridgehead atoms. The lowest BCUT2D eigenvalue weighted by molar-refractivity contribution is -0.141. The number of hydrogen-bond donors (Lipinski definition) is 1. The summed E-state index contributed by atoms with van der Waals surface area (Å²) in [6.45, 7) is 14.0. The quantitative estimate of drug-likeness (QED) is 0.486. The predicted molar refractivity (Wildman–Crippen MR) is 143 cm³/mol. The van der Waals surface area contributed by atoms with Gasteiger partial charge < -0.3 is 19.9 Å². The molecule has 2 unspecified atom stereocenters. The Balaban J connectivity index is 2.22. The van der Waals surface area contributed by atoms with Crippen LogP contribution in [0.1, 0.15) is 73.6 Å². The van der Waals surface area contributed by atoms with Crippen LogP contribution in [0.25, 0.3) is 0 Å². The molecule has 8 nitrogen and oxygen atoms in total. The number of carbonyl (C=O) groups is 3. The smallest absolute Gasteiger partial charge is 0.249 e. The lowest BCUT2D eigenvalue weighted by Crippen LogP contribution is -2.59. The predicted octanol–water partition coefficient (Wildman–Crippen LogP) is 3.07. The minimum Gasteiger partial charge on any atom is -0.383 e. The number of hydrogen-bond acceptors (Lipinski definition) is 5. The van der Waals surface area contributed by atoms with Gasteiger partial charge in [-0.2, -0.15) is 0 Å². The SMILES string of the molecule is COCC1CCCN1C(=O)/C(C)=C/[C@H](C(C)C)N(C)C(=O)C(NC(=O)[C@H]1CCCCN1C)C(C)(C)C. The van der Waals surface area contributed by atoms with Crippen molar-refractivity contribution in [3.63, 3.8) is 0 Å². The molecule has 4 atom stereocenters. The summed E-state index contributed by atoms with van der Waals surface area (Å²) in [5.74, 6) is -0.124. The highest BCUT2D eigenvalue weighted by Crippen LogP contribution is 2.26. The molecule has 36 heavy (non-hydrogen) atoms. The van der Waals surface area contributed by atoms with Crippen LogP contribution in [0.15, 0.2) is 11.6 Å². The summed E-state index contributed by atoms with van der Waals surface area (Å²) in [5, 5.41) is 3.09. The van der Waals surface area contributed by atoms with E-state index in [0.29, 0.717) is 12.2 Å². The van der Waals surface area contributed by atoms with Crippen molar-refractivity contribution < 1.29 is 19.1 Å². The number of rotatable bonds is 9. The number of ether oxygens (including phenoxy) is 1. The summed E-state index contributed by atoms with van der Waals surface area (Å²) in [5.41, 5.74) is 0.171. The molecule has 0 aromatic carbocycles. The van der Waals surface area contributed by atoms with Gasteiger partial charge >= 0.3 is 0 Å². The van der Waals surface area contributed by atoms with E-state index in [0.717, 1.165) is 45.2 Å². The van der Waals surface area contributed by atoms with E-state index >= 15 is 0 Å². The van der Waals surface area contributed by atoms with Crippen LogP contribution in [0.2, 0.25) is 0 Å². The fraction of sp³-hybridized carbons (Fsp3) is 0.821. The second-order valence-corrected chi connectivity index (χ2v) is 12.1. The average Bonchev–Trinajstić information content (AvgIpc) is 3.27.